The maximum absolute atomic E-state index is 14.0. The molecule has 0 aliphatic heterocycles. The number of methoxy groups -OCH3 is 1. The minimum Gasteiger partial charge on any atom is -0.465 e. The highest BCUT2D eigenvalue weighted by molar-refractivity contribution is 7.16. The van der Waals surface area contributed by atoms with Gasteiger partial charge in [0.05, 0.1) is 28.6 Å². The van der Waals surface area contributed by atoms with Gasteiger partial charge < -0.3 is 15.0 Å². The lowest BCUT2D eigenvalue weighted by Gasteiger charge is -2.03. The van der Waals surface area contributed by atoms with Crippen LogP contribution < -0.4 is 5.32 Å². The Morgan fingerprint density at radius 3 is 2.66 bits per heavy atom. The standard InChI is InChI=1S/C20H13F2N3O3S/c1-28-20(27)17-7-6-16(29-17)19(26)23-11-3-5-14-15(9-11)25-18(24-14)12-8-10(21)2-4-13(12)22/h2-9H,1H3,(H,23,26)(H,24,25). The van der Waals surface area contributed by atoms with Crippen LogP contribution in [-0.2, 0) is 4.74 Å². The van der Waals surface area contributed by atoms with E-state index < -0.39 is 17.6 Å². The Balaban J connectivity index is 1.59. The molecule has 0 spiro atoms. The van der Waals surface area contributed by atoms with E-state index in [0.29, 0.717) is 26.5 Å². The fourth-order valence-electron chi connectivity index (χ4n) is 2.76. The number of halogens is 2. The van der Waals surface area contributed by atoms with Crippen LogP contribution in [0.15, 0.2) is 48.5 Å². The number of carbonyl (C=O) groups is 2. The molecule has 2 aromatic heterocycles. The van der Waals surface area contributed by atoms with Crippen LogP contribution in [-0.4, -0.2) is 29.0 Å². The number of esters is 1. The number of carbonyl (C=O) groups excluding carboxylic acids is 2. The largest absolute Gasteiger partial charge is 0.465 e. The summed E-state index contributed by atoms with van der Waals surface area (Å²) in [5.74, 6) is -1.89. The Labute approximate surface area is 167 Å². The highest BCUT2D eigenvalue weighted by atomic mass is 32.1. The van der Waals surface area contributed by atoms with Gasteiger partial charge in [-0.25, -0.2) is 18.6 Å². The van der Waals surface area contributed by atoms with Crippen LogP contribution in [0.2, 0.25) is 0 Å². The summed E-state index contributed by atoms with van der Waals surface area (Å²) in [7, 11) is 1.27. The molecule has 146 valence electrons. The number of aromatic amines is 1. The second-order valence-electron chi connectivity index (χ2n) is 6.05. The van der Waals surface area contributed by atoms with Crippen LogP contribution >= 0.6 is 11.3 Å². The van der Waals surface area contributed by atoms with Crippen molar-refractivity contribution in [3.63, 3.8) is 0 Å². The monoisotopic (exact) mass is 413 g/mol. The topological polar surface area (TPSA) is 84.1 Å². The molecule has 0 saturated heterocycles. The Hall–Kier alpha value is -3.59. The Bertz CT molecular complexity index is 1250. The molecule has 2 N–H and O–H groups in total. The van der Waals surface area contributed by atoms with E-state index in [1.807, 2.05) is 0 Å². The lowest BCUT2D eigenvalue weighted by molar-refractivity contribution is 0.0606. The SMILES string of the molecule is COC(=O)c1ccc(C(=O)Nc2ccc3nc(-c4cc(F)ccc4F)[nH]c3c2)s1. The van der Waals surface area contributed by atoms with E-state index in [0.717, 1.165) is 29.5 Å². The molecule has 2 aromatic carbocycles. The molecular formula is C20H13F2N3O3S. The smallest absolute Gasteiger partial charge is 0.348 e. The highest BCUT2D eigenvalue weighted by Crippen LogP contribution is 2.26. The summed E-state index contributed by atoms with van der Waals surface area (Å²) < 4.78 is 32.1. The number of thiophene rings is 1. The van der Waals surface area contributed by atoms with Gasteiger partial charge in [-0.2, -0.15) is 0 Å². The summed E-state index contributed by atoms with van der Waals surface area (Å²) in [5, 5.41) is 2.73. The third-order valence-corrected chi connectivity index (χ3v) is 5.20. The maximum Gasteiger partial charge on any atom is 0.348 e. The van der Waals surface area contributed by atoms with E-state index in [1.165, 1.54) is 19.2 Å². The molecular weight excluding hydrogens is 400 g/mol. The zero-order valence-corrected chi connectivity index (χ0v) is 15.8. The zero-order valence-electron chi connectivity index (χ0n) is 15.0. The number of fused-ring (bicyclic) bond motifs is 1. The lowest BCUT2D eigenvalue weighted by Crippen LogP contribution is -2.09. The van der Waals surface area contributed by atoms with Gasteiger partial charge >= 0.3 is 5.97 Å². The van der Waals surface area contributed by atoms with Crippen molar-refractivity contribution in [2.45, 2.75) is 0 Å². The minimum absolute atomic E-state index is 0.0145. The van der Waals surface area contributed by atoms with Crippen molar-refractivity contribution in [1.82, 2.24) is 9.97 Å². The van der Waals surface area contributed by atoms with E-state index in [1.54, 1.807) is 18.2 Å². The van der Waals surface area contributed by atoms with Gasteiger partial charge in [0.15, 0.2) is 0 Å². The third-order valence-electron chi connectivity index (χ3n) is 4.14. The van der Waals surface area contributed by atoms with Crippen molar-refractivity contribution in [3.05, 3.63) is 69.9 Å². The van der Waals surface area contributed by atoms with E-state index in [2.05, 4.69) is 20.0 Å². The normalized spacial score (nSPS) is 10.9. The Kier molecular flexibility index (Phi) is 4.81. The molecule has 0 atom stereocenters. The molecule has 0 aliphatic rings. The summed E-state index contributed by atoms with van der Waals surface area (Å²) in [4.78, 5) is 31.8. The number of rotatable bonds is 4. The van der Waals surface area contributed by atoms with Gasteiger partial charge in [-0.05, 0) is 48.5 Å². The van der Waals surface area contributed by atoms with Crippen LogP contribution in [0.5, 0.6) is 0 Å². The molecule has 2 heterocycles. The molecule has 1 amide bonds. The third kappa shape index (κ3) is 3.72. The quantitative estimate of drug-likeness (QED) is 0.479. The van der Waals surface area contributed by atoms with Crippen molar-refractivity contribution >= 4 is 39.9 Å². The number of ether oxygens (including phenoxy) is 1. The van der Waals surface area contributed by atoms with E-state index >= 15 is 0 Å². The summed E-state index contributed by atoms with van der Waals surface area (Å²) in [6.45, 7) is 0. The number of amides is 1. The Morgan fingerprint density at radius 1 is 1.07 bits per heavy atom. The molecule has 0 unspecified atom stereocenters. The van der Waals surface area contributed by atoms with Gasteiger partial charge in [-0.15, -0.1) is 11.3 Å². The molecule has 4 rings (SSSR count). The van der Waals surface area contributed by atoms with Gasteiger partial charge in [-0.3, -0.25) is 4.79 Å². The second kappa shape index (κ2) is 7.44. The second-order valence-corrected chi connectivity index (χ2v) is 7.13. The molecule has 0 aliphatic carbocycles. The molecule has 0 bridgehead atoms. The number of H-pyrrole nitrogens is 1. The number of nitrogens with zero attached hydrogens (tertiary/aromatic N) is 1. The first kappa shape index (κ1) is 18.8. The predicted octanol–water partition coefficient (Wildman–Crippen LogP) is 4.61. The first-order chi connectivity index (χ1) is 13.9. The number of aromatic nitrogens is 2. The molecule has 0 fully saturated rings. The zero-order chi connectivity index (χ0) is 20.5. The number of benzene rings is 2. The predicted molar refractivity (Wildman–Crippen MR) is 105 cm³/mol. The van der Waals surface area contributed by atoms with Crippen molar-refractivity contribution in [1.29, 1.82) is 0 Å². The first-order valence-corrected chi connectivity index (χ1v) is 9.21. The molecule has 9 heteroatoms. The number of hydrogen-bond acceptors (Lipinski definition) is 5. The van der Waals surface area contributed by atoms with Gasteiger partial charge in [0, 0.05) is 5.69 Å². The fraction of sp³-hybridized carbons (Fsp3) is 0.0500. The molecule has 29 heavy (non-hydrogen) atoms. The van der Waals surface area contributed by atoms with Gasteiger partial charge in [0.2, 0.25) is 0 Å². The van der Waals surface area contributed by atoms with E-state index in [-0.39, 0.29) is 17.3 Å². The number of nitrogens with one attached hydrogen (secondary N) is 2. The van der Waals surface area contributed by atoms with Crippen LogP contribution in [0.25, 0.3) is 22.4 Å². The molecule has 0 saturated carbocycles. The van der Waals surface area contributed by atoms with Crippen molar-refractivity contribution in [2.75, 3.05) is 12.4 Å². The fourth-order valence-corrected chi connectivity index (χ4v) is 3.58. The summed E-state index contributed by atoms with van der Waals surface area (Å²) in [6.07, 6.45) is 0. The number of anilines is 1. The van der Waals surface area contributed by atoms with Gasteiger partial charge in [0.1, 0.15) is 22.3 Å². The van der Waals surface area contributed by atoms with Crippen molar-refractivity contribution < 1.29 is 23.1 Å². The number of hydrogen-bond donors (Lipinski definition) is 2. The lowest BCUT2D eigenvalue weighted by atomic mass is 10.2. The van der Waals surface area contributed by atoms with Crippen molar-refractivity contribution in [3.8, 4) is 11.4 Å². The van der Waals surface area contributed by atoms with Gasteiger partial charge in [-0.1, -0.05) is 0 Å². The molecule has 6 nitrogen and oxygen atoms in total. The number of imidazole rings is 1. The van der Waals surface area contributed by atoms with Crippen molar-refractivity contribution in [2.24, 2.45) is 0 Å². The van der Waals surface area contributed by atoms with E-state index in [4.69, 9.17) is 0 Å². The van der Waals surface area contributed by atoms with E-state index in [9.17, 15) is 18.4 Å². The molecule has 4 aromatic rings. The Morgan fingerprint density at radius 2 is 1.86 bits per heavy atom. The van der Waals surface area contributed by atoms with Crippen LogP contribution in [0, 0.1) is 11.6 Å². The first-order valence-electron chi connectivity index (χ1n) is 8.39. The summed E-state index contributed by atoms with van der Waals surface area (Å²) >= 11 is 1.02. The maximum atomic E-state index is 14.0. The average Bonchev–Trinajstić information content (AvgIpc) is 3.36. The van der Waals surface area contributed by atoms with Crippen LogP contribution in [0.4, 0.5) is 14.5 Å². The van der Waals surface area contributed by atoms with Crippen LogP contribution in [0.3, 0.4) is 0 Å². The van der Waals surface area contributed by atoms with Crippen LogP contribution in [0.1, 0.15) is 19.3 Å². The van der Waals surface area contributed by atoms with Gasteiger partial charge in [0.25, 0.3) is 5.91 Å². The summed E-state index contributed by atoms with van der Waals surface area (Å²) in [5.41, 5.74) is 1.57. The molecule has 0 radical (unpaired) electrons. The summed E-state index contributed by atoms with van der Waals surface area (Å²) in [6, 6.07) is 11.1. The minimum atomic E-state index is -0.599. The average molecular weight is 413 g/mol. The highest BCUT2D eigenvalue weighted by Gasteiger charge is 2.15.